The number of rotatable bonds is 2. The molecule has 1 aliphatic carbocycles. The summed E-state index contributed by atoms with van der Waals surface area (Å²) in [5.41, 5.74) is 1.81. The lowest BCUT2D eigenvalue weighted by Gasteiger charge is -2.18. The highest BCUT2D eigenvalue weighted by Gasteiger charge is 2.47. The molecule has 0 radical (unpaired) electrons. The number of benzene rings is 1. The highest BCUT2D eigenvalue weighted by Crippen LogP contribution is 2.53. The summed E-state index contributed by atoms with van der Waals surface area (Å²) in [4.78, 5) is 0.557. The average molecular weight is 260 g/mol. The molecule has 0 spiro atoms. The van der Waals surface area contributed by atoms with Gasteiger partial charge in [-0.3, -0.25) is 0 Å². The van der Waals surface area contributed by atoms with Gasteiger partial charge in [0.25, 0.3) is 0 Å². The Hall–Kier alpha value is -0.0100. The topological polar surface area (TPSA) is 0 Å². The average Bonchev–Trinajstić information content (AvgIpc) is 2.86. The Labute approximate surface area is 92.4 Å². The summed E-state index contributed by atoms with van der Waals surface area (Å²) in [6.07, 6.45) is 2.59. The van der Waals surface area contributed by atoms with Gasteiger partial charge in [0.15, 0.2) is 0 Å². The van der Waals surface area contributed by atoms with Crippen molar-refractivity contribution in [3.05, 3.63) is 34.9 Å². The minimum absolute atomic E-state index is 0.393. The van der Waals surface area contributed by atoms with E-state index < -0.39 is 0 Å². The summed E-state index contributed by atoms with van der Waals surface area (Å²) in [5, 5.41) is 0.821. The van der Waals surface area contributed by atoms with Crippen molar-refractivity contribution in [2.24, 2.45) is 0 Å². The van der Waals surface area contributed by atoms with Gasteiger partial charge in [0, 0.05) is 15.3 Å². The molecule has 0 saturated heterocycles. The molecule has 1 aromatic carbocycles. The Balaban J connectivity index is 2.31. The lowest BCUT2D eigenvalue weighted by atomic mass is 9.93. The zero-order valence-corrected chi connectivity index (χ0v) is 9.90. The Bertz CT molecular complexity index is 298. The van der Waals surface area contributed by atoms with Crippen molar-refractivity contribution >= 4 is 27.5 Å². The van der Waals surface area contributed by atoms with Crippen LogP contribution in [-0.4, -0.2) is 4.83 Å². The first-order valence-electron chi connectivity index (χ1n) is 4.55. The van der Waals surface area contributed by atoms with Gasteiger partial charge in [0.2, 0.25) is 0 Å². The van der Waals surface area contributed by atoms with Gasteiger partial charge in [0.05, 0.1) is 0 Å². The predicted molar refractivity (Wildman–Crippen MR) is 60.8 cm³/mol. The molecular formula is C11H12BrCl. The minimum Gasteiger partial charge on any atom is -0.0884 e. The van der Waals surface area contributed by atoms with Gasteiger partial charge < -0.3 is 0 Å². The van der Waals surface area contributed by atoms with Crippen LogP contribution in [0.5, 0.6) is 0 Å². The number of halogens is 2. The fourth-order valence-electron chi connectivity index (χ4n) is 1.83. The van der Waals surface area contributed by atoms with Gasteiger partial charge in [-0.25, -0.2) is 0 Å². The summed E-state index contributed by atoms with van der Waals surface area (Å²) in [5.74, 6) is 0. The molecule has 70 valence electrons. The van der Waals surface area contributed by atoms with Crippen molar-refractivity contribution in [3.63, 3.8) is 0 Å². The van der Waals surface area contributed by atoms with E-state index in [9.17, 15) is 0 Å². The molecule has 0 N–H and O–H groups in total. The molecule has 0 bridgehead atoms. The van der Waals surface area contributed by atoms with E-state index in [-0.39, 0.29) is 0 Å². The van der Waals surface area contributed by atoms with Gasteiger partial charge in [0.1, 0.15) is 0 Å². The minimum atomic E-state index is 0.393. The third-order valence-electron chi connectivity index (χ3n) is 2.97. The standard InChI is InChI=1S/C11H12BrCl/c1-8(12)11(6-7-11)9-2-4-10(13)5-3-9/h2-5,8H,6-7H2,1H3. The number of alkyl halides is 1. The molecule has 13 heavy (non-hydrogen) atoms. The summed E-state index contributed by atoms with van der Waals surface area (Å²) in [6.45, 7) is 2.22. The molecule has 0 amide bonds. The summed E-state index contributed by atoms with van der Waals surface area (Å²) < 4.78 is 0. The SMILES string of the molecule is CC(Br)C1(c2ccc(Cl)cc2)CC1. The molecule has 0 aliphatic heterocycles. The summed E-state index contributed by atoms with van der Waals surface area (Å²) in [6, 6.07) is 8.25. The third-order valence-corrected chi connectivity index (χ3v) is 4.10. The molecular weight excluding hydrogens is 247 g/mol. The highest BCUT2D eigenvalue weighted by molar-refractivity contribution is 9.09. The number of hydrogen-bond acceptors (Lipinski definition) is 0. The zero-order chi connectivity index (χ0) is 9.47. The van der Waals surface area contributed by atoms with E-state index in [0.717, 1.165) is 5.02 Å². The van der Waals surface area contributed by atoms with Crippen LogP contribution in [0.1, 0.15) is 25.3 Å². The van der Waals surface area contributed by atoms with Gasteiger partial charge in [-0.1, -0.05) is 46.6 Å². The highest BCUT2D eigenvalue weighted by atomic mass is 79.9. The van der Waals surface area contributed by atoms with Gasteiger partial charge >= 0.3 is 0 Å². The van der Waals surface area contributed by atoms with Crippen LogP contribution in [0, 0.1) is 0 Å². The zero-order valence-electron chi connectivity index (χ0n) is 7.56. The van der Waals surface area contributed by atoms with Crippen LogP contribution in [0.2, 0.25) is 5.02 Å². The van der Waals surface area contributed by atoms with Crippen molar-refractivity contribution in [3.8, 4) is 0 Å². The monoisotopic (exact) mass is 258 g/mol. The van der Waals surface area contributed by atoms with Gasteiger partial charge in [-0.2, -0.15) is 0 Å². The van der Waals surface area contributed by atoms with Crippen LogP contribution in [0.3, 0.4) is 0 Å². The van der Waals surface area contributed by atoms with Crippen molar-refractivity contribution < 1.29 is 0 Å². The van der Waals surface area contributed by atoms with E-state index in [0.29, 0.717) is 10.2 Å². The Morgan fingerprint density at radius 3 is 2.23 bits per heavy atom. The molecule has 2 heteroatoms. The van der Waals surface area contributed by atoms with Crippen LogP contribution >= 0.6 is 27.5 Å². The van der Waals surface area contributed by atoms with Crippen LogP contribution in [0.15, 0.2) is 24.3 Å². The first-order chi connectivity index (χ1) is 6.15. The lowest BCUT2D eigenvalue weighted by molar-refractivity contribution is 0.691. The Morgan fingerprint density at radius 1 is 1.31 bits per heavy atom. The van der Waals surface area contributed by atoms with Crippen LogP contribution in [0.4, 0.5) is 0 Å². The molecule has 1 aliphatic rings. The van der Waals surface area contributed by atoms with E-state index in [1.165, 1.54) is 18.4 Å². The van der Waals surface area contributed by atoms with E-state index in [4.69, 9.17) is 11.6 Å². The molecule has 1 unspecified atom stereocenters. The molecule has 1 fully saturated rings. The van der Waals surface area contributed by atoms with Crippen molar-refractivity contribution in [2.45, 2.75) is 30.0 Å². The van der Waals surface area contributed by atoms with Gasteiger partial charge in [-0.15, -0.1) is 0 Å². The molecule has 2 rings (SSSR count). The molecule has 1 saturated carbocycles. The first-order valence-corrected chi connectivity index (χ1v) is 5.85. The maximum absolute atomic E-state index is 5.85. The molecule has 0 aromatic heterocycles. The van der Waals surface area contributed by atoms with Crippen LogP contribution in [-0.2, 0) is 5.41 Å². The van der Waals surface area contributed by atoms with Crippen molar-refractivity contribution in [1.82, 2.24) is 0 Å². The second-order valence-electron chi connectivity index (χ2n) is 3.78. The molecule has 1 atom stereocenters. The third kappa shape index (κ3) is 1.64. The van der Waals surface area contributed by atoms with E-state index in [1.807, 2.05) is 12.1 Å². The lowest BCUT2D eigenvalue weighted by Crippen LogP contribution is -2.16. The van der Waals surface area contributed by atoms with Crippen molar-refractivity contribution in [1.29, 1.82) is 0 Å². The first kappa shape index (κ1) is 9.54. The normalized spacial score (nSPS) is 21.2. The summed E-state index contributed by atoms with van der Waals surface area (Å²) >= 11 is 9.53. The molecule has 0 nitrogen and oxygen atoms in total. The van der Waals surface area contributed by atoms with E-state index in [2.05, 4.69) is 35.0 Å². The smallest absolute Gasteiger partial charge is 0.0406 e. The second-order valence-corrected chi connectivity index (χ2v) is 5.59. The Morgan fingerprint density at radius 2 is 1.85 bits per heavy atom. The second kappa shape index (κ2) is 3.29. The maximum Gasteiger partial charge on any atom is 0.0406 e. The fourth-order valence-corrected chi connectivity index (χ4v) is 2.68. The number of hydrogen-bond donors (Lipinski definition) is 0. The summed E-state index contributed by atoms with van der Waals surface area (Å²) in [7, 11) is 0. The Kier molecular flexibility index (Phi) is 2.41. The molecule has 1 aromatic rings. The maximum atomic E-state index is 5.85. The van der Waals surface area contributed by atoms with Crippen LogP contribution in [0.25, 0.3) is 0 Å². The largest absolute Gasteiger partial charge is 0.0884 e. The van der Waals surface area contributed by atoms with Crippen molar-refractivity contribution in [2.75, 3.05) is 0 Å². The molecule has 0 heterocycles. The predicted octanol–water partition coefficient (Wildman–Crippen LogP) is 4.16. The van der Waals surface area contributed by atoms with E-state index in [1.54, 1.807) is 0 Å². The van der Waals surface area contributed by atoms with E-state index >= 15 is 0 Å². The fraction of sp³-hybridized carbons (Fsp3) is 0.455. The van der Waals surface area contributed by atoms with Crippen LogP contribution < -0.4 is 0 Å². The van der Waals surface area contributed by atoms with Gasteiger partial charge in [-0.05, 0) is 30.5 Å². The quantitative estimate of drug-likeness (QED) is 0.700.